The van der Waals surface area contributed by atoms with Crippen molar-refractivity contribution >= 4 is 5.97 Å². The molecule has 0 aromatic carbocycles. The normalized spacial score (nSPS) is 32.8. The Bertz CT molecular complexity index is 1010. The van der Waals surface area contributed by atoms with Crippen LogP contribution in [0.2, 0.25) is 0 Å². The average Bonchev–Trinajstić information content (AvgIpc) is 3.41. The number of fused-ring (bicyclic) bond motifs is 5. The Balaban J connectivity index is 1.12. The molecule has 3 fully saturated rings. The van der Waals surface area contributed by atoms with E-state index in [2.05, 4.69) is 59.8 Å². The lowest BCUT2D eigenvalue weighted by Gasteiger charge is -2.58. The first-order valence-corrected chi connectivity index (χ1v) is 21.3. The van der Waals surface area contributed by atoms with Gasteiger partial charge < -0.3 is 9.84 Å². The SMILES string of the molecule is CCCCC/C=C\CCC(O)CCCCCCCC(=O)O[C@H]1CC[C@@]2(C)C(=CC[C@H]3[C@@H]4CC[C@H]([C@H](C)CCCC(C)C)[C@@]4(C)CC[C@@H]32)C1. The van der Waals surface area contributed by atoms with Gasteiger partial charge in [0, 0.05) is 12.8 Å². The summed E-state index contributed by atoms with van der Waals surface area (Å²) >= 11 is 0. The van der Waals surface area contributed by atoms with Crippen molar-refractivity contribution in [2.75, 3.05) is 0 Å². The van der Waals surface area contributed by atoms with E-state index in [9.17, 15) is 9.90 Å². The van der Waals surface area contributed by atoms with Gasteiger partial charge in [0.15, 0.2) is 0 Å². The van der Waals surface area contributed by atoms with Crippen LogP contribution in [0.15, 0.2) is 23.8 Å². The summed E-state index contributed by atoms with van der Waals surface area (Å²) in [6.07, 6.45) is 35.3. The van der Waals surface area contributed by atoms with Gasteiger partial charge >= 0.3 is 5.97 Å². The summed E-state index contributed by atoms with van der Waals surface area (Å²) < 4.78 is 6.11. The van der Waals surface area contributed by atoms with Gasteiger partial charge in [-0.05, 0) is 130 Å². The highest BCUT2D eigenvalue weighted by Gasteiger charge is 2.59. The van der Waals surface area contributed by atoms with E-state index in [0.717, 1.165) is 99.7 Å². The van der Waals surface area contributed by atoms with Gasteiger partial charge in [-0.25, -0.2) is 0 Å². The largest absolute Gasteiger partial charge is 0.462 e. The summed E-state index contributed by atoms with van der Waals surface area (Å²) in [7, 11) is 0. The first kappa shape index (κ1) is 39.7. The van der Waals surface area contributed by atoms with Gasteiger partial charge in [0.05, 0.1) is 6.10 Å². The van der Waals surface area contributed by atoms with Crippen LogP contribution in [-0.4, -0.2) is 23.3 Å². The van der Waals surface area contributed by atoms with E-state index < -0.39 is 0 Å². The Hall–Kier alpha value is -1.09. The molecule has 3 saturated carbocycles. The van der Waals surface area contributed by atoms with Gasteiger partial charge in [0.2, 0.25) is 0 Å². The van der Waals surface area contributed by atoms with E-state index in [1.807, 2.05) is 0 Å². The molecule has 4 rings (SSSR count). The third kappa shape index (κ3) is 10.7. The molecule has 3 heteroatoms. The average molecular weight is 667 g/mol. The number of hydrogen-bond acceptors (Lipinski definition) is 3. The van der Waals surface area contributed by atoms with Gasteiger partial charge in [-0.1, -0.05) is 123 Å². The minimum absolute atomic E-state index is 0.0176. The quantitative estimate of drug-likeness (QED) is 0.0753. The second-order valence-corrected chi connectivity index (χ2v) is 18.1. The lowest BCUT2D eigenvalue weighted by molar-refractivity contribution is -0.151. The summed E-state index contributed by atoms with van der Waals surface area (Å²) in [6.45, 7) is 14.8. The smallest absolute Gasteiger partial charge is 0.306 e. The van der Waals surface area contributed by atoms with Gasteiger partial charge in [-0.3, -0.25) is 4.79 Å². The van der Waals surface area contributed by atoms with Crippen LogP contribution in [0.25, 0.3) is 0 Å². The number of aliphatic hydroxyl groups excluding tert-OH is 1. The monoisotopic (exact) mass is 667 g/mol. The lowest BCUT2D eigenvalue weighted by Crippen LogP contribution is -2.51. The van der Waals surface area contributed by atoms with Crippen LogP contribution in [0.3, 0.4) is 0 Å². The summed E-state index contributed by atoms with van der Waals surface area (Å²) in [6, 6.07) is 0. The summed E-state index contributed by atoms with van der Waals surface area (Å²) in [5, 5.41) is 10.3. The Morgan fingerprint density at radius 2 is 1.62 bits per heavy atom. The van der Waals surface area contributed by atoms with Crippen LogP contribution in [0.4, 0.5) is 0 Å². The zero-order chi connectivity index (χ0) is 34.6. The van der Waals surface area contributed by atoms with Crippen LogP contribution in [0, 0.1) is 46.3 Å². The molecule has 48 heavy (non-hydrogen) atoms. The molecule has 4 aliphatic rings. The molecule has 0 bridgehead atoms. The van der Waals surface area contributed by atoms with Crippen molar-refractivity contribution in [1.29, 1.82) is 0 Å². The molecule has 276 valence electrons. The first-order chi connectivity index (χ1) is 23.1. The fraction of sp³-hybridized carbons (Fsp3) is 0.889. The second kappa shape index (κ2) is 19.5. The minimum Gasteiger partial charge on any atom is -0.462 e. The number of unbranched alkanes of at least 4 members (excludes halogenated alkanes) is 7. The highest BCUT2D eigenvalue weighted by Crippen LogP contribution is 2.67. The zero-order valence-electron chi connectivity index (χ0n) is 32.6. The second-order valence-electron chi connectivity index (χ2n) is 18.1. The molecule has 0 spiro atoms. The Morgan fingerprint density at radius 1 is 0.854 bits per heavy atom. The minimum atomic E-state index is -0.172. The number of hydrogen-bond donors (Lipinski definition) is 1. The van der Waals surface area contributed by atoms with Crippen molar-refractivity contribution in [3.63, 3.8) is 0 Å². The molecule has 0 saturated heterocycles. The van der Waals surface area contributed by atoms with E-state index in [1.54, 1.807) is 5.57 Å². The van der Waals surface area contributed by atoms with Crippen molar-refractivity contribution in [1.82, 2.24) is 0 Å². The number of ether oxygens (including phenoxy) is 1. The molecular weight excluding hydrogens is 588 g/mol. The molecule has 0 aliphatic heterocycles. The molecule has 1 unspecified atom stereocenters. The van der Waals surface area contributed by atoms with Crippen molar-refractivity contribution in [3.8, 4) is 0 Å². The molecule has 1 N–H and O–H groups in total. The number of allylic oxidation sites excluding steroid dienone is 3. The molecule has 3 nitrogen and oxygen atoms in total. The van der Waals surface area contributed by atoms with E-state index in [4.69, 9.17) is 4.74 Å². The third-order valence-corrected chi connectivity index (χ3v) is 14.3. The lowest BCUT2D eigenvalue weighted by atomic mass is 9.47. The van der Waals surface area contributed by atoms with E-state index in [-0.39, 0.29) is 18.2 Å². The van der Waals surface area contributed by atoms with Crippen LogP contribution in [0.1, 0.15) is 196 Å². The number of rotatable bonds is 21. The van der Waals surface area contributed by atoms with E-state index in [0.29, 0.717) is 17.3 Å². The van der Waals surface area contributed by atoms with Gasteiger partial charge in [0.25, 0.3) is 0 Å². The topological polar surface area (TPSA) is 46.5 Å². The third-order valence-electron chi connectivity index (χ3n) is 14.3. The van der Waals surface area contributed by atoms with Crippen molar-refractivity contribution in [2.24, 2.45) is 46.3 Å². The molecule has 0 heterocycles. The van der Waals surface area contributed by atoms with Gasteiger partial charge in [0.1, 0.15) is 6.10 Å². The molecule has 4 aliphatic carbocycles. The predicted octanol–water partition coefficient (Wildman–Crippen LogP) is 12.9. The maximum absolute atomic E-state index is 12.8. The summed E-state index contributed by atoms with van der Waals surface area (Å²) in [5.41, 5.74) is 2.48. The van der Waals surface area contributed by atoms with Crippen LogP contribution >= 0.6 is 0 Å². The number of aliphatic hydroxyl groups is 1. The predicted molar refractivity (Wildman–Crippen MR) is 204 cm³/mol. The standard InChI is InChI=1S/C45H78O3/c1-7-8-9-10-11-13-16-22-37(46)23-17-14-12-15-18-24-43(47)48-38-29-31-44(5)36(33-38)25-26-39-41-28-27-40(35(4)21-19-20-34(2)3)45(41,6)32-30-42(39)44/h11,13,25,34-35,37-42,46H,7-10,12,14-24,26-33H2,1-6H3/b13-11-/t35-,37?,38+,39+,40-,41+,42+,44+,45-/m1/s1. The molecule has 0 radical (unpaired) electrons. The number of esters is 1. The molecule has 0 aromatic rings. The van der Waals surface area contributed by atoms with Crippen molar-refractivity contribution < 1.29 is 14.6 Å². The van der Waals surface area contributed by atoms with E-state index >= 15 is 0 Å². The number of carbonyl (C=O) groups is 1. The molecular formula is C45H78O3. The summed E-state index contributed by atoms with van der Waals surface area (Å²) in [5.74, 6) is 5.21. The van der Waals surface area contributed by atoms with Crippen LogP contribution in [0.5, 0.6) is 0 Å². The maximum atomic E-state index is 12.8. The first-order valence-electron chi connectivity index (χ1n) is 21.3. The molecule has 0 amide bonds. The van der Waals surface area contributed by atoms with Crippen LogP contribution in [-0.2, 0) is 9.53 Å². The zero-order valence-corrected chi connectivity index (χ0v) is 32.6. The fourth-order valence-corrected chi connectivity index (χ4v) is 11.4. The van der Waals surface area contributed by atoms with Crippen LogP contribution < -0.4 is 0 Å². The highest BCUT2D eigenvalue weighted by atomic mass is 16.5. The Labute approximate surface area is 297 Å². The molecule has 9 atom stereocenters. The molecule has 0 aromatic heterocycles. The Morgan fingerprint density at radius 3 is 2.42 bits per heavy atom. The van der Waals surface area contributed by atoms with Gasteiger partial charge in [-0.2, -0.15) is 0 Å². The van der Waals surface area contributed by atoms with E-state index in [1.165, 1.54) is 83.5 Å². The fourth-order valence-electron chi connectivity index (χ4n) is 11.4. The number of carbonyl (C=O) groups excluding carboxylic acids is 1. The van der Waals surface area contributed by atoms with Crippen molar-refractivity contribution in [2.45, 2.75) is 208 Å². The highest BCUT2D eigenvalue weighted by molar-refractivity contribution is 5.69. The van der Waals surface area contributed by atoms with Gasteiger partial charge in [-0.15, -0.1) is 0 Å². The van der Waals surface area contributed by atoms with Crippen molar-refractivity contribution in [3.05, 3.63) is 23.8 Å². The summed E-state index contributed by atoms with van der Waals surface area (Å²) in [4.78, 5) is 12.8. The Kier molecular flexibility index (Phi) is 16.1. The maximum Gasteiger partial charge on any atom is 0.306 e.